The minimum Gasteiger partial charge on any atom is -0.327 e. The summed E-state index contributed by atoms with van der Waals surface area (Å²) in [6.07, 6.45) is 12.7. The van der Waals surface area contributed by atoms with Crippen LogP contribution in [-0.4, -0.2) is 40.0 Å². The molecule has 1 aromatic rings. The summed E-state index contributed by atoms with van der Waals surface area (Å²) in [5.74, 6) is 0.960. The maximum absolute atomic E-state index is 12.8. The zero-order valence-corrected chi connectivity index (χ0v) is 18.9. The highest BCUT2D eigenvalue weighted by Crippen LogP contribution is 2.37. The predicted octanol–water partition coefficient (Wildman–Crippen LogP) is 6.09. The van der Waals surface area contributed by atoms with Gasteiger partial charge >= 0.3 is 0 Å². The van der Waals surface area contributed by atoms with Gasteiger partial charge in [0, 0.05) is 29.4 Å². The summed E-state index contributed by atoms with van der Waals surface area (Å²) in [6.45, 7) is 1.68. The van der Waals surface area contributed by atoms with Gasteiger partial charge in [0.2, 0.25) is 5.91 Å². The Balaban J connectivity index is 1.65. The number of hydrogen-bond acceptors (Lipinski definition) is 3. The van der Waals surface area contributed by atoms with Gasteiger partial charge in [-0.25, -0.2) is 0 Å². The van der Waals surface area contributed by atoms with Crippen LogP contribution in [-0.2, 0) is 4.79 Å². The number of amidine groups is 1. The molecule has 1 aromatic carbocycles. The van der Waals surface area contributed by atoms with Crippen LogP contribution in [0.2, 0.25) is 5.02 Å². The van der Waals surface area contributed by atoms with E-state index < -0.39 is 0 Å². The van der Waals surface area contributed by atoms with Gasteiger partial charge in [0.25, 0.3) is 0 Å². The first-order chi connectivity index (χ1) is 14.1. The van der Waals surface area contributed by atoms with E-state index in [9.17, 15) is 4.79 Å². The molecular weight excluding hydrogens is 402 g/mol. The van der Waals surface area contributed by atoms with Crippen LogP contribution in [0.4, 0.5) is 5.69 Å². The summed E-state index contributed by atoms with van der Waals surface area (Å²) in [4.78, 5) is 22.5. The number of carbonyl (C=O) groups is 1. The monoisotopic (exact) mass is 433 g/mol. The fourth-order valence-corrected chi connectivity index (χ4v) is 6.40. The first kappa shape index (κ1) is 21.0. The van der Waals surface area contributed by atoms with Crippen molar-refractivity contribution in [1.29, 1.82) is 0 Å². The van der Waals surface area contributed by atoms with Crippen LogP contribution >= 0.6 is 23.4 Å². The third kappa shape index (κ3) is 4.93. The van der Waals surface area contributed by atoms with E-state index in [-0.39, 0.29) is 12.1 Å². The third-order valence-corrected chi connectivity index (χ3v) is 7.77. The van der Waals surface area contributed by atoms with E-state index >= 15 is 0 Å². The number of benzene rings is 1. The second-order valence-corrected chi connectivity index (χ2v) is 9.98. The minimum atomic E-state index is 0.0316. The Morgan fingerprint density at radius 1 is 1.03 bits per heavy atom. The van der Waals surface area contributed by atoms with Crippen LogP contribution in [0.25, 0.3) is 0 Å². The average molecular weight is 434 g/mol. The molecule has 158 valence electrons. The number of aliphatic imine (C=N–C) groups is 1. The Morgan fingerprint density at radius 2 is 1.66 bits per heavy atom. The Morgan fingerprint density at radius 3 is 2.28 bits per heavy atom. The molecule has 0 N–H and O–H groups in total. The highest BCUT2D eigenvalue weighted by atomic mass is 35.5. The lowest BCUT2D eigenvalue weighted by molar-refractivity contribution is -0.117. The molecule has 1 aliphatic heterocycles. The van der Waals surface area contributed by atoms with E-state index in [0.29, 0.717) is 17.1 Å². The van der Waals surface area contributed by atoms with Crippen LogP contribution in [0.3, 0.4) is 0 Å². The maximum atomic E-state index is 12.8. The van der Waals surface area contributed by atoms with Crippen LogP contribution in [0, 0.1) is 0 Å². The third-order valence-electron chi connectivity index (χ3n) is 6.48. The number of anilines is 1. The molecule has 1 heterocycles. The SMILES string of the molecule is CC(=O)N(c1ccc(Cl)cc1)C1CSC(=NC2CCCCC2)N1C1CCCCC1. The number of halogens is 1. The maximum Gasteiger partial charge on any atom is 0.225 e. The van der Waals surface area contributed by atoms with Crippen LogP contribution < -0.4 is 4.90 Å². The van der Waals surface area contributed by atoms with Crippen molar-refractivity contribution in [2.75, 3.05) is 10.7 Å². The van der Waals surface area contributed by atoms with Crippen LogP contribution in [0.15, 0.2) is 29.3 Å². The molecule has 4 nitrogen and oxygen atoms in total. The predicted molar refractivity (Wildman–Crippen MR) is 124 cm³/mol. The summed E-state index contributed by atoms with van der Waals surface area (Å²) in [6, 6.07) is 8.61. The van der Waals surface area contributed by atoms with Gasteiger partial charge in [-0.1, -0.05) is 61.9 Å². The Kier molecular flexibility index (Phi) is 7.07. The van der Waals surface area contributed by atoms with Crippen molar-refractivity contribution in [3.05, 3.63) is 29.3 Å². The number of carbonyl (C=O) groups excluding carboxylic acids is 1. The summed E-state index contributed by atoms with van der Waals surface area (Å²) in [7, 11) is 0. The molecule has 1 saturated heterocycles. The van der Waals surface area contributed by atoms with Gasteiger partial charge in [-0.05, 0) is 49.9 Å². The zero-order valence-electron chi connectivity index (χ0n) is 17.4. The van der Waals surface area contributed by atoms with Crippen molar-refractivity contribution in [3.8, 4) is 0 Å². The van der Waals surface area contributed by atoms with E-state index in [0.717, 1.165) is 11.4 Å². The lowest BCUT2D eigenvalue weighted by Crippen LogP contribution is -2.54. The van der Waals surface area contributed by atoms with E-state index in [2.05, 4.69) is 4.90 Å². The standard InChI is InChI=1S/C23H32ClN3OS/c1-17(28)26(21-14-12-18(24)13-15-21)22-16-29-23(25-19-8-4-2-5-9-19)27(22)20-10-6-3-7-11-20/h12-15,19-20,22H,2-11,16H2,1H3. The molecule has 1 unspecified atom stereocenters. The number of nitrogens with zero attached hydrogens (tertiary/aromatic N) is 3. The molecule has 4 rings (SSSR count). The molecule has 1 amide bonds. The minimum absolute atomic E-state index is 0.0316. The molecule has 6 heteroatoms. The first-order valence-corrected chi connectivity index (χ1v) is 12.5. The fraction of sp³-hybridized carbons (Fsp3) is 0.652. The van der Waals surface area contributed by atoms with E-state index in [1.165, 1.54) is 69.4 Å². The molecule has 0 aromatic heterocycles. The Hall–Kier alpha value is -1.20. The topological polar surface area (TPSA) is 35.9 Å². The zero-order chi connectivity index (χ0) is 20.2. The molecule has 2 saturated carbocycles. The summed E-state index contributed by atoms with van der Waals surface area (Å²) >= 11 is 7.95. The lowest BCUT2D eigenvalue weighted by atomic mass is 9.94. The summed E-state index contributed by atoms with van der Waals surface area (Å²) < 4.78 is 0. The van der Waals surface area contributed by atoms with Crippen molar-refractivity contribution in [3.63, 3.8) is 0 Å². The van der Waals surface area contributed by atoms with Gasteiger partial charge in [-0.3, -0.25) is 14.7 Å². The van der Waals surface area contributed by atoms with Gasteiger partial charge in [0.15, 0.2) is 5.17 Å². The summed E-state index contributed by atoms with van der Waals surface area (Å²) in [5, 5.41) is 1.87. The molecule has 0 spiro atoms. The lowest BCUT2D eigenvalue weighted by Gasteiger charge is -2.41. The molecule has 29 heavy (non-hydrogen) atoms. The molecule has 0 radical (unpaired) electrons. The van der Waals surface area contributed by atoms with Gasteiger partial charge in [-0.2, -0.15) is 0 Å². The first-order valence-electron chi connectivity index (χ1n) is 11.2. The normalized spacial score (nSPS) is 25.5. The van der Waals surface area contributed by atoms with Crippen molar-refractivity contribution in [1.82, 2.24) is 4.90 Å². The van der Waals surface area contributed by atoms with Gasteiger partial charge in [0.1, 0.15) is 6.17 Å². The van der Waals surface area contributed by atoms with Crippen molar-refractivity contribution in [2.24, 2.45) is 4.99 Å². The van der Waals surface area contributed by atoms with Crippen molar-refractivity contribution < 1.29 is 4.79 Å². The van der Waals surface area contributed by atoms with Crippen molar-refractivity contribution in [2.45, 2.75) is 89.4 Å². The van der Waals surface area contributed by atoms with E-state index in [4.69, 9.17) is 16.6 Å². The van der Waals surface area contributed by atoms with Gasteiger partial charge in [0.05, 0.1) is 6.04 Å². The Labute approximate surface area is 184 Å². The molecule has 3 aliphatic rings. The molecular formula is C23H32ClN3OS. The number of thioether (sulfide) groups is 1. The number of hydrogen-bond donors (Lipinski definition) is 0. The highest BCUT2D eigenvalue weighted by molar-refractivity contribution is 8.14. The largest absolute Gasteiger partial charge is 0.327 e. The van der Waals surface area contributed by atoms with E-state index in [1.54, 1.807) is 6.92 Å². The van der Waals surface area contributed by atoms with Gasteiger partial charge < -0.3 is 4.90 Å². The van der Waals surface area contributed by atoms with E-state index in [1.807, 2.05) is 40.9 Å². The fourth-order valence-electron chi connectivity index (χ4n) is 5.02. The van der Waals surface area contributed by atoms with Gasteiger partial charge in [-0.15, -0.1) is 0 Å². The number of rotatable bonds is 4. The second-order valence-electron chi connectivity index (χ2n) is 8.56. The highest BCUT2D eigenvalue weighted by Gasteiger charge is 2.41. The average Bonchev–Trinajstić information content (AvgIpc) is 3.13. The quantitative estimate of drug-likeness (QED) is 0.576. The Bertz CT molecular complexity index is 726. The molecule has 0 bridgehead atoms. The van der Waals surface area contributed by atoms with Crippen LogP contribution in [0.1, 0.15) is 71.1 Å². The molecule has 2 aliphatic carbocycles. The van der Waals surface area contributed by atoms with Crippen LogP contribution in [0.5, 0.6) is 0 Å². The second kappa shape index (κ2) is 9.74. The number of amides is 1. The summed E-state index contributed by atoms with van der Waals surface area (Å²) in [5.41, 5.74) is 0.923. The molecule has 1 atom stereocenters. The molecule has 3 fully saturated rings. The smallest absolute Gasteiger partial charge is 0.225 e. The van der Waals surface area contributed by atoms with Crippen molar-refractivity contribution >= 4 is 40.1 Å².